The Morgan fingerprint density at radius 2 is 1.75 bits per heavy atom. The van der Waals surface area contributed by atoms with Gasteiger partial charge in [-0.15, -0.1) is 11.3 Å². The maximum absolute atomic E-state index is 14.3. The molecule has 48 heavy (non-hydrogen) atoms. The van der Waals surface area contributed by atoms with Crippen molar-refractivity contribution in [1.29, 1.82) is 0 Å². The van der Waals surface area contributed by atoms with Crippen molar-refractivity contribution in [2.45, 2.75) is 103 Å². The van der Waals surface area contributed by atoms with Crippen LogP contribution in [0.15, 0.2) is 21.7 Å². The number of Topliss-reactive ketones (excluding diaryl/α,β-unsaturated/α-hetero) is 1. The van der Waals surface area contributed by atoms with Crippen LogP contribution in [-0.2, 0) is 29.2 Å². The molecule has 13 nitrogen and oxygen atoms in total. The number of nitrogens with two attached hydrogens (primary N) is 1. The zero-order valence-corrected chi connectivity index (χ0v) is 30.9. The number of likely N-dealkylation sites (tertiary alicyclic amines) is 1. The molecule has 1 aromatic rings. The van der Waals surface area contributed by atoms with Gasteiger partial charge in [0, 0.05) is 26.2 Å². The molecule has 6 atom stereocenters. The van der Waals surface area contributed by atoms with Gasteiger partial charge < -0.3 is 26.6 Å². The minimum Gasteiger partial charge on any atom is -0.363 e. The van der Waals surface area contributed by atoms with Crippen LogP contribution < -0.4 is 21.7 Å². The van der Waals surface area contributed by atoms with Crippen molar-refractivity contribution in [3.8, 4) is 0 Å². The van der Waals surface area contributed by atoms with E-state index < -0.39 is 69.1 Å². The fourth-order valence-electron chi connectivity index (χ4n) is 7.05. The van der Waals surface area contributed by atoms with Gasteiger partial charge in [0.15, 0.2) is 0 Å². The summed E-state index contributed by atoms with van der Waals surface area (Å²) in [5.41, 5.74) is 4.35. The molecule has 1 aliphatic heterocycles. The van der Waals surface area contributed by atoms with Gasteiger partial charge in [-0.05, 0) is 52.4 Å². The average Bonchev–Trinajstić information content (AvgIpc) is 3.42. The predicted octanol–water partition coefficient (Wildman–Crippen LogP) is 2.32. The fraction of sp³-hybridized carbons (Fsp3) is 0.727. The van der Waals surface area contributed by atoms with E-state index in [4.69, 9.17) is 5.73 Å². The first-order valence-electron chi connectivity index (χ1n) is 16.7. The van der Waals surface area contributed by atoms with Crippen LogP contribution in [0.1, 0.15) is 74.1 Å². The Bertz CT molecular complexity index is 1500. The summed E-state index contributed by atoms with van der Waals surface area (Å²) in [6.07, 6.45) is 3.16. The number of amides is 5. The van der Waals surface area contributed by atoms with Gasteiger partial charge in [0.1, 0.15) is 16.3 Å². The number of primary amides is 1. The highest BCUT2D eigenvalue weighted by atomic mass is 32.2. The number of fused-ring (bicyclic) bond motifs is 1. The number of nitrogens with zero attached hydrogens (tertiary/aromatic N) is 2. The van der Waals surface area contributed by atoms with E-state index in [1.54, 1.807) is 11.4 Å². The van der Waals surface area contributed by atoms with Crippen molar-refractivity contribution >= 4 is 50.9 Å². The molecule has 0 aromatic carbocycles. The third-order valence-electron chi connectivity index (χ3n) is 10.6. The molecule has 2 saturated carbocycles. The lowest BCUT2D eigenvalue weighted by molar-refractivity contribution is -0.145. The lowest BCUT2D eigenvalue weighted by atomic mass is 9.80. The van der Waals surface area contributed by atoms with Crippen molar-refractivity contribution in [2.75, 3.05) is 20.1 Å². The Hall–Kier alpha value is -3.04. The van der Waals surface area contributed by atoms with Crippen LogP contribution in [0.25, 0.3) is 0 Å². The van der Waals surface area contributed by atoms with Crippen molar-refractivity contribution in [3.63, 3.8) is 0 Å². The van der Waals surface area contributed by atoms with Crippen LogP contribution in [-0.4, -0.2) is 91.5 Å². The zero-order chi connectivity index (χ0) is 35.9. The summed E-state index contributed by atoms with van der Waals surface area (Å²) in [4.78, 5) is 67.8. The van der Waals surface area contributed by atoms with Crippen LogP contribution in [0.5, 0.6) is 0 Å². The van der Waals surface area contributed by atoms with Gasteiger partial charge in [0.05, 0.1) is 6.04 Å². The zero-order valence-electron chi connectivity index (χ0n) is 29.2. The maximum atomic E-state index is 14.3. The number of hydrogen-bond donors (Lipinski definition) is 4. The first-order chi connectivity index (χ1) is 22.2. The summed E-state index contributed by atoms with van der Waals surface area (Å²) in [6, 6.07) is -1.01. The highest BCUT2D eigenvalue weighted by Crippen LogP contribution is 2.65. The molecule has 5 N–H and O–H groups in total. The summed E-state index contributed by atoms with van der Waals surface area (Å²) < 4.78 is 27.5. The van der Waals surface area contributed by atoms with E-state index >= 15 is 0 Å². The van der Waals surface area contributed by atoms with Crippen molar-refractivity contribution < 1.29 is 32.4 Å². The quantitative estimate of drug-likeness (QED) is 0.214. The molecule has 4 rings (SSSR count). The summed E-state index contributed by atoms with van der Waals surface area (Å²) in [6.45, 7) is 13.6. The minimum atomic E-state index is -3.75. The van der Waals surface area contributed by atoms with E-state index in [1.165, 1.54) is 22.3 Å². The molecule has 0 bridgehead atoms. The maximum Gasteiger partial charge on any atom is 0.315 e. The molecule has 3 fully saturated rings. The van der Waals surface area contributed by atoms with Gasteiger partial charge in [-0.25, -0.2) is 13.2 Å². The minimum absolute atomic E-state index is 0.0122. The number of urea groups is 1. The third kappa shape index (κ3) is 7.88. The van der Waals surface area contributed by atoms with Crippen LogP contribution in [0.2, 0.25) is 0 Å². The van der Waals surface area contributed by atoms with Crippen molar-refractivity contribution in [1.82, 2.24) is 25.2 Å². The number of piperidine rings is 1. The summed E-state index contributed by atoms with van der Waals surface area (Å²) in [7, 11) is -2.28. The number of carbonyl (C=O) groups is 5. The van der Waals surface area contributed by atoms with E-state index in [1.807, 2.05) is 48.5 Å². The van der Waals surface area contributed by atoms with Crippen LogP contribution >= 0.6 is 11.3 Å². The highest BCUT2D eigenvalue weighted by Gasteiger charge is 2.70. The molecule has 1 aromatic heterocycles. The number of likely N-dealkylation sites (N-methyl/N-ethyl adjacent to an activating group) is 1. The van der Waals surface area contributed by atoms with Crippen LogP contribution in [0, 0.1) is 34.5 Å². The highest BCUT2D eigenvalue weighted by molar-refractivity contribution is 7.91. The van der Waals surface area contributed by atoms with Crippen molar-refractivity contribution in [2.24, 2.45) is 40.2 Å². The van der Waals surface area contributed by atoms with Gasteiger partial charge in [-0.1, -0.05) is 73.8 Å². The average molecular weight is 709 g/mol. The van der Waals surface area contributed by atoms with E-state index in [2.05, 4.69) is 16.0 Å². The smallest absolute Gasteiger partial charge is 0.315 e. The molecule has 5 amide bonds. The molecule has 268 valence electrons. The normalized spacial score (nSPS) is 23.9. The summed E-state index contributed by atoms with van der Waals surface area (Å²) in [5.74, 6) is -2.94. The molecule has 15 heteroatoms. The monoisotopic (exact) mass is 708 g/mol. The molecule has 2 heterocycles. The lowest BCUT2D eigenvalue weighted by Crippen LogP contribution is -2.62. The van der Waals surface area contributed by atoms with Gasteiger partial charge in [-0.2, -0.15) is 4.31 Å². The topological polar surface area (TPSA) is 188 Å². The van der Waals surface area contributed by atoms with E-state index in [-0.39, 0.29) is 39.8 Å². The SMILES string of the molecule is CC(C)[C@@H](CN(C)S(=O)(=O)c1cccs1)NC(=O)N[C@H](C(=O)N1C[C@H]2[C@@H]([C@H]1C(=O)N[C@H](CC1CCC1)C(=O)C(N)=O)C2(C)C)C(C)(C)C. The number of ketones is 1. The first-order valence-corrected chi connectivity index (χ1v) is 19.0. The summed E-state index contributed by atoms with van der Waals surface area (Å²) in [5, 5.41) is 10.2. The number of carbonyl (C=O) groups excluding carboxylic acids is 5. The number of hydrogen-bond acceptors (Lipinski definition) is 8. The van der Waals surface area contributed by atoms with Gasteiger partial charge >= 0.3 is 6.03 Å². The van der Waals surface area contributed by atoms with Crippen molar-refractivity contribution in [3.05, 3.63) is 17.5 Å². The van der Waals surface area contributed by atoms with Gasteiger partial charge in [0.2, 0.25) is 17.6 Å². The standard InChI is InChI=1S/C33H52N6O7S2/c1-18(2)22(17-38(8)48(45,46)23-13-10-14-47-23)36-31(44)37-27(32(3,4)5)30(43)39-16-20-24(33(20,6)7)25(39)29(42)35-21(26(40)28(34)41)15-19-11-9-12-19/h10,13-14,18-22,24-25,27H,9,11-12,15-17H2,1-8H3,(H2,34,41)(H,35,42)(H2,36,37,44)/t20-,21+,22+,24-,25-,27+/m0/s1. The molecule has 2 aliphatic carbocycles. The number of thiophene rings is 1. The van der Waals surface area contributed by atoms with Crippen LogP contribution in [0.4, 0.5) is 4.79 Å². The summed E-state index contributed by atoms with van der Waals surface area (Å²) >= 11 is 1.11. The van der Waals surface area contributed by atoms with E-state index in [9.17, 15) is 32.4 Å². The Kier molecular flexibility index (Phi) is 11.1. The second-order valence-corrected chi connectivity index (χ2v) is 18.9. The van der Waals surface area contributed by atoms with E-state index in [0.29, 0.717) is 13.0 Å². The van der Waals surface area contributed by atoms with E-state index in [0.717, 1.165) is 30.6 Å². The number of sulfonamides is 1. The fourth-order valence-corrected chi connectivity index (χ4v) is 9.45. The molecule has 3 aliphatic rings. The number of nitrogens with one attached hydrogen (secondary N) is 3. The second-order valence-electron chi connectivity index (χ2n) is 15.7. The second kappa shape index (κ2) is 14.1. The van der Waals surface area contributed by atoms with Gasteiger partial charge in [0.25, 0.3) is 15.9 Å². The largest absolute Gasteiger partial charge is 0.363 e. The molecular formula is C33H52N6O7S2. The lowest BCUT2D eigenvalue weighted by Gasteiger charge is -2.38. The third-order valence-corrected chi connectivity index (χ3v) is 13.7. The molecule has 1 saturated heterocycles. The Morgan fingerprint density at radius 3 is 2.25 bits per heavy atom. The Morgan fingerprint density at radius 1 is 1.10 bits per heavy atom. The molecular weight excluding hydrogens is 657 g/mol. The first kappa shape index (κ1) is 37.8. The van der Waals surface area contributed by atoms with Gasteiger partial charge in [-0.3, -0.25) is 19.2 Å². The predicted molar refractivity (Wildman–Crippen MR) is 182 cm³/mol. The Balaban J connectivity index is 1.50. The molecule has 0 radical (unpaired) electrons. The molecule has 0 unspecified atom stereocenters. The Labute approximate surface area is 288 Å². The number of rotatable bonds is 14. The van der Waals surface area contributed by atoms with Crippen LogP contribution in [0.3, 0.4) is 0 Å². The molecule has 0 spiro atoms.